The van der Waals surface area contributed by atoms with Crippen molar-refractivity contribution in [2.75, 3.05) is 7.11 Å². The molecule has 6 nitrogen and oxygen atoms in total. The summed E-state index contributed by atoms with van der Waals surface area (Å²) < 4.78 is 17.9. The number of benzene rings is 1. The summed E-state index contributed by atoms with van der Waals surface area (Å²) in [6.07, 6.45) is 0. The molecule has 0 fully saturated rings. The lowest BCUT2D eigenvalue weighted by molar-refractivity contribution is 0.0585. The first kappa shape index (κ1) is 12.7. The lowest BCUT2D eigenvalue weighted by Crippen LogP contribution is -2.18. The Balaban J connectivity index is 2.65. The maximum absolute atomic E-state index is 13.6. The molecule has 0 aliphatic heterocycles. The average molecular weight is 264 g/mol. The van der Waals surface area contributed by atoms with Gasteiger partial charge in [0.1, 0.15) is 11.4 Å². The molecule has 1 aromatic heterocycles. The van der Waals surface area contributed by atoms with Gasteiger partial charge >= 0.3 is 5.97 Å². The molecule has 0 atom stereocenters. The van der Waals surface area contributed by atoms with Crippen LogP contribution >= 0.6 is 0 Å². The van der Waals surface area contributed by atoms with Crippen molar-refractivity contribution in [2.24, 2.45) is 0 Å². The number of ether oxygens (including phenoxy) is 1. The van der Waals surface area contributed by atoms with E-state index in [9.17, 15) is 19.1 Å². The number of aromatic amines is 1. The number of H-pyrrole nitrogens is 1. The topological polar surface area (TPSA) is 92.3 Å². The summed E-state index contributed by atoms with van der Waals surface area (Å²) in [6.45, 7) is 0. The predicted molar refractivity (Wildman–Crippen MR) is 63.3 cm³/mol. The fourth-order valence-electron chi connectivity index (χ4n) is 1.56. The van der Waals surface area contributed by atoms with Crippen LogP contribution < -0.4 is 5.56 Å². The highest BCUT2D eigenvalue weighted by Crippen LogP contribution is 2.25. The van der Waals surface area contributed by atoms with Gasteiger partial charge in [-0.05, 0) is 6.07 Å². The number of aromatic hydroxyl groups is 1. The van der Waals surface area contributed by atoms with Gasteiger partial charge in [-0.25, -0.2) is 9.18 Å². The van der Waals surface area contributed by atoms with E-state index in [2.05, 4.69) is 14.7 Å². The number of rotatable bonds is 2. The fourth-order valence-corrected chi connectivity index (χ4v) is 1.56. The Bertz CT molecular complexity index is 696. The summed E-state index contributed by atoms with van der Waals surface area (Å²) in [5.74, 6) is -2.79. The van der Waals surface area contributed by atoms with E-state index in [-0.39, 0.29) is 11.1 Å². The second kappa shape index (κ2) is 4.89. The molecule has 19 heavy (non-hydrogen) atoms. The summed E-state index contributed by atoms with van der Waals surface area (Å²) >= 11 is 0. The number of carbonyl (C=O) groups excluding carboxylic acids is 1. The van der Waals surface area contributed by atoms with Gasteiger partial charge in [-0.1, -0.05) is 18.2 Å². The van der Waals surface area contributed by atoms with Crippen molar-refractivity contribution in [2.45, 2.75) is 0 Å². The van der Waals surface area contributed by atoms with Crippen molar-refractivity contribution in [3.63, 3.8) is 0 Å². The number of esters is 1. The van der Waals surface area contributed by atoms with Crippen molar-refractivity contribution < 1.29 is 19.0 Å². The van der Waals surface area contributed by atoms with Crippen molar-refractivity contribution >= 4 is 5.97 Å². The maximum atomic E-state index is 13.6. The van der Waals surface area contributed by atoms with Crippen LogP contribution in [0.1, 0.15) is 10.6 Å². The molecule has 0 bridgehead atoms. The third kappa shape index (κ3) is 2.30. The highest BCUT2D eigenvalue weighted by molar-refractivity contribution is 5.85. The Labute approximate surface area is 106 Å². The summed E-state index contributed by atoms with van der Waals surface area (Å²) in [5.41, 5.74) is -1.28. The van der Waals surface area contributed by atoms with E-state index in [0.29, 0.717) is 0 Å². The minimum absolute atomic E-state index is 0.106. The lowest BCUT2D eigenvalue weighted by atomic mass is 10.1. The molecule has 2 rings (SSSR count). The van der Waals surface area contributed by atoms with E-state index in [4.69, 9.17) is 0 Å². The summed E-state index contributed by atoms with van der Waals surface area (Å²) in [4.78, 5) is 28.6. The molecule has 0 unspecified atom stereocenters. The molecule has 0 spiro atoms. The third-order valence-corrected chi connectivity index (χ3v) is 2.42. The normalized spacial score (nSPS) is 10.2. The molecular formula is C12H9FN2O4. The van der Waals surface area contributed by atoms with Crippen molar-refractivity contribution in [1.29, 1.82) is 0 Å². The number of hydrogen-bond acceptors (Lipinski definition) is 5. The molecule has 1 heterocycles. The average Bonchev–Trinajstić information content (AvgIpc) is 2.39. The Kier molecular flexibility index (Phi) is 3.28. The zero-order valence-corrected chi connectivity index (χ0v) is 9.81. The zero-order valence-electron chi connectivity index (χ0n) is 9.81. The summed E-state index contributed by atoms with van der Waals surface area (Å²) in [7, 11) is 1.10. The molecule has 0 aliphatic rings. The van der Waals surface area contributed by atoms with Gasteiger partial charge in [-0.3, -0.25) is 4.79 Å². The second-order valence-electron chi connectivity index (χ2n) is 3.58. The molecule has 0 saturated carbocycles. The molecule has 2 aromatic rings. The minimum Gasteiger partial charge on any atom is -0.493 e. The smallest absolute Gasteiger partial charge is 0.374 e. The Morgan fingerprint density at radius 3 is 2.68 bits per heavy atom. The van der Waals surface area contributed by atoms with Gasteiger partial charge in [0, 0.05) is 5.56 Å². The molecule has 7 heteroatoms. The molecule has 0 aliphatic carbocycles. The third-order valence-electron chi connectivity index (χ3n) is 2.42. The van der Waals surface area contributed by atoms with Crippen molar-refractivity contribution in [3.05, 3.63) is 46.3 Å². The van der Waals surface area contributed by atoms with Crippen LogP contribution in [0, 0.1) is 5.82 Å². The number of carbonyl (C=O) groups is 1. The van der Waals surface area contributed by atoms with Gasteiger partial charge < -0.3 is 14.8 Å². The lowest BCUT2D eigenvalue weighted by Gasteiger charge is -2.05. The number of nitrogens with zero attached hydrogens (tertiary/aromatic N) is 1. The number of methoxy groups -OCH3 is 1. The van der Waals surface area contributed by atoms with Crippen LogP contribution in [-0.2, 0) is 4.74 Å². The highest BCUT2D eigenvalue weighted by Gasteiger charge is 2.19. The van der Waals surface area contributed by atoms with Crippen molar-refractivity contribution in [3.8, 4) is 17.0 Å². The van der Waals surface area contributed by atoms with Crippen LogP contribution in [0.15, 0.2) is 29.1 Å². The first-order valence-corrected chi connectivity index (χ1v) is 5.21. The summed E-state index contributed by atoms with van der Waals surface area (Å²) in [6, 6.07) is 5.41. The van der Waals surface area contributed by atoms with Gasteiger partial charge in [-0.15, -0.1) is 0 Å². The SMILES string of the molecule is COC(=O)c1nc(O)c(-c2ccccc2F)c(=O)[nH]1. The zero-order chi connectivity index (χ0) is 14.0. The molecule has 2 N–H and O–H groups in total. The molecule has 98 valence electrons. The van der Waals surface area contributed by atoms with Gasteiger partial charge in [-0.2, -0.15) is 4.98 Å². The predicted octanol–water partition coefficient (Wildman–Crippen LogP) is 1.07. The number of aromatic nitrogens is 2. The number of nitrogens with one attached hydrogen (secondary N) is 1. The van der Waals surface area contributed by atoms with E-state index < -0.39 is 29.1 Å². The van der Waals surface area contributed by atoms with Crippen LogP contribution in [0.4, 0.5) is 4.39 Å². The van der Waals surface area contributed by atoms with E-state index in [1.54, 1.807) is 0 Å². The highest BCUT2D eigenvalue weighted by atomic mass is 19.1. The van der Waals surface area contributed by atoms with E-state index in [1.165, 1.54) is 18.2 Å². The number of halogens is 1. The minimum atomic E-state index is -0.910. The van der Waals surface area contributed by atoms with Crippen LogP contribution in [0.25, 0.3) is 11.1 Å². The van der Waals surface area contributed by atoms with Crippen LogP contribution in [0.3, 0.4) is 0 Å². The largest absolute Gasteiger partial charge is 0.493 e. The fraction of sp³-hybridized carbons (Fsp3) is 0.0833. The van der Waals surface area contributed by atoms with Gasteiger partial charge in [0.2, 0.25) is 11.7 Å². The standard InChI is InChI=1S/C12H9FN2O4/c1-19-12(18)9-14-10(16)8(11(17)15-9)6-4-2-3-5-7(6)13/h2-5H,1H3,(H2,14,15,16,17). The van der Waals surface area contributed by atoms with E-state index >= 15 is 0 Å². The van der Waals surface area contributed by atoms with Gasteiger partial charge in [0.25, 0.3) is 5.56 Å². The Morgan fingerprint density at radius 2 is 2.11 bits per heavy atom. The molecular weight excluding hydrogens is 255 g/mol. The first-order valence-electron chi connectivity index (χ1n) is 5.21. The molecule has 0 radical (unpaired) electrons. The Morgan fingerprint density at radius 1 is 1.42 bits per heavy atom. The van der Waals surface area contributed by atoms with Crippen molar-refractivity contribution in [1.82, 2.24) is 9.97 Å². The van der Waals surface area contributed by atoms with Gasteiger partial charge in [0.05, 0.1) is 7.11 Å². The molecule has 0 saturated heterocycles. The first-order chi connectivity index (χ1) is 9.04. The van der Waals surface area contributed by atoms with Crippen LogP contribution in [0.5, 0.6) is 5.88 Å². The monoisotopic (exact) mass is 264 g/mol. The molecule has 0 amide bonds. The van der Waals surface area contributed by atoms with E-state index in [0.717, 1.165) is 13.2 Å². The number of hydrogen-bond donors (Lipinski definition) is 2. The maximum Gasteiger partial charge on any atom is 0.374 e. The quantitative estimate of drug-likeness (QED) is 0.791. The molecule has 1 aromatic carbocycles. The van der Waals surface area contributed by atoms with Gasteiger partial charge in [0.15, 0.2) is 0 Å². The van der Waals surface area contributed by atoms with Crippen LogP contribution in [-0.4, -0.2) is 28.2 Å². The van der Waals surface area contributed by atoms with Crippen LogP contribution in [0.2, 0.25) is 0 Å². The summed E-state index contributed by atoms with van der Waals surface area (Å²) in [5, 5.41) is 9.69. The van der Waals surface area contributed by atoms with E-state index in [1.807, 2.05) is 0 Å². The Hall–Kier alpha value is -2.70. The second-order valence-corrected chi connectivity index (χ2v) is 3.58.